The zero-order valence-electron chi connectivity index (χ0n) is 18.5. The van der Waals surface area contributed by atoms with E-state index in [0.717, 1.165) is 30.6 Å². The number of hydrogen-bond acceptors (Lipinski definition) is 2. The minimum Gasteiger partial charge on any atom is -0.352 e. The van der Waals surface area contributed by atoms with Crippen molar-refractivity contribution in [3.8, 4) is 0 Å². The lowest BCUT2D eigenvalue weighted by Gasteiger charge is -2.35. The van der Waals surface area contributed by atoms with E-state index >= 15 is 0 Å². The van der Waals surface area contributed by atoms with Gasteiger partial charge in [0.05, 0.1) is 0 Å². The van der Waals surface area contributed by atoms with Crippen molar-refractivity contribution in [3.63, 3.8) is 0 Å². The van der Waals surface area contributed by atoms with Gasteiger partial charge in [-0.25, -0.2) is 4.79 Å². The number of urea groups is 1. The van der Waals surface area contributed by atoms with Crippen LogP contribution in [-0.2, 0) is 13.0 Å². The maximum atomic E-state index is 13.1. The molecule has 5 nitrogen and oxygen atoms in total. The SMILES string of the molecule is Cc1ccc(CN2CCCN(c3ccc(C(=O)NCCc4ccccc4)cc3)C2=O)cc1. The average Bonchev–Trinajstić information content (AvgIpc) is 2.82. The lowest BCUT2D eigenvalue weighted by Crippen LogP contribution is -2.49. The first-order valence-electron chi connectivity index (χ1n) is 11.1. The number of benzene rings is 3. The summed E-state index contributed by atoms with van der Waals surface area (Å²) in [5.74, 6) is -0.0987. The van der Waals surface area contributed by atoms with Crippen LogP contribution in [0.5, 0.6) is 0 Å². The largest absolute Gasteiger partial charge is 0.352 e. The van der Waals surface area contributed by atoms with Crippen LogP contribution in [0.25, 0.3) is 0 Å². The Bertz CT molecular complexity index is 1050. The molecule has 1 heterocycles. The molecule has 0 atom stereocenters. The number of anilines is 1. The van der Waals surface area contributed by atoms with Crippen molar-refractivity contribution >= 4 is 17.6 Å². The molecule has 3 aromatic rings. The summed E-state index contributed by atoms with van der Waals surface area (Å²) in [6.45, 7) is 4.70. The van der Waals surface area contributed by atoms with Crippen LogP contribution in [0.1, 0.15) is 33.5 Å². The Kier molecular flexibility index (Phi) is 6.85. The fraction of sp³-hybridized carbons (Fsp3) is 0.259. The summed E-state index contributed by atoms with van der Waals surface area (Å²) in [5.41, 5.74) is 4.96. The molecule has 3 amide bonds. The number of aryl methyl sites for hydroxylation is 1. The predicted molar refractivity (Wildman–Crippen MR) is 128 cm³/mol. The van der Waals surface area contributed by atoms with Gasteiger partial charge in [0.25, 0.3) is 5.91 Å². The van der Waals surface area contributed by atoms with Crippen LogP contribution >= 0.6 is 0 Å². The van der Waals surface area contributed by atoms with E-state index in [1.165, 1.54) is 11.1 Å². The molecule has 0 aromatic heterocycles. The van der Waals surface area contributed by atoms with Crippen molar-refractivity contribution < 1.29 is 9.59 Å². The highest BCUT2D eigenvalue weighted by atomic mass is 16.2. The van der Waals surface area contributed by atoms with Gasteiger partial charge < -0.3 is 10.2 Å². The zero-order valence-corrected chi connectivity index (χ0v) is 18.5. The van der Waals surface area contributed by atoms with Gasteiger partial charge in [0.15, 0.2) is 0 Å². The van der Waals surface area contributed by atoms with Gasteiger partial charge in [0, 0.05) is 37.4 Å². The highest BCUT2D eigenvalue weighted by molar-refractivity contribution is 5.96. The van der Waals surface area contributed by atoms with Crippen molar-refractivity contribution in [1.82, 2.24) is 10.2 Å². The summed E-state index contributed by atoms with van der Waals surface area (Å²) in [7, 11) is 0. The number of hydrogen-bond donors (Lipinski definition) is 1. The summed E-state index contributed by atoms with van der Waals surface area (Å²) in [5, 5.41) is 2.97. The van der Waals surface area contributed by atoms with Crippen molar-refractivity contribution in [2.24, 2.45) is 0 Å². The summed E-state index contributed by atoms with van der Waals surface area (Å²) < 4.78 is 0. The normalized spacial score (nSPS) is 13.8. The first-order valence-corrected chi connectivity index (χ1v) is 11.1. The van der Waals surface area contributed by atoms with Crippen LogP contribution in [0, 0.1) is 6.92 Å². The highest BCUT2D eigenvalue weighted by Crippen LogP contribution is 2.22. The van der Waals surface area contributed by atoms with Crippen LogP contribution < -0.4 is 10.2 Å². The second kappa shape index (κ2) is 10.1. The molecule has 0 saturated carbocycles. The molecule has 0 aliphatic carbocycles. The van der Waals surface area contributed by atoms with Gasteiger partial charge in [-0.1, -0.05) is 60.2 Å². The van der Waals surface area contributed by atoms with Gasteiger partial charge in [-0.15, -0.1) is 0 Å². The number of carbonyl (C=O) groups is 2. The number of carbonyl (C=O) groups excluding carboxylic acids is 2. The van der Waals surface area contributed by atoms with E-state index < -0.39 is 0 Å². The van der Waals surface area contributed by atoms with E-state index in [1.54, 1.807) is 17.0 Å². The van der Waals surface area contributed by atoms with Crippen molar-refractivity contribution in [1.29, 1.82) is 0 Å². The molecular weight excluding hydrogens is 398 g/mol. The van der Waals surface area contributed by atoms with Gasteiger partial charge in [0.2, 0.25) is 0 Å². The van der Waals surface area contributed by atoms with E-state index in [-0.39, 0.29) is 11.9 Å². The van der Waals surface area contributed by atoms with Crippen molar-refractivity contribution in [2.75, 3.05) is 24.5 Å². The van der Waals surface area contributed by atoms with Crippen LogP contribution in [-0.4, -0.2) is 36.5 Å². The molecule has 0 spiro atoms. The molecule has 1 N–H and O–H groups in total. The zero-order chi connectivity index (χ0) is 22.3. The summed E-state index contributed by atoms with van der Waals surface area (Å²) in [4.78, 5) is 29.2. The lowest BCUT2D eigenvalue weighted by atomic mass is 10.1. The molecule has 1 saturated heterocycles. The molecular formula is C27H29N3O2. The van der Waals surface area contributed by atoms with Crippen LogP contribution in [0.3, 0.4) is 0 Å². The maximum Gasteiger partial charge on any atom is 0.324 e. The third-order valence-electron chi connectivity index (χ3n) is 5.79. The third kappa shape index (κ3) is 5.35. The number of nitrogens with one attached hydrogen (secondary N) is 1. The quantitative estimate of drug-likeness (QED) is 0.589. The van der Waals surface area contributed by atoms with Gasteiger partial charge in [-0.05, 0) is 55.2 Å². The van der Waals surface area contributed by atoms with E-state index in [2.05, 4.69) is 48.6 Å². The maximum absolute atomic E-state index is 13.1. The van der Waals surface area contributed by atoms with Gasteiger partial charge in [0.1, 0.15) is 0 Å². The highest BCUT2D eigenvalue weighted by Gasteiger charge is 2.26. The lowest BCUT2D eigenvalue weighted by molar-refractivity contribution is 0.0954. The molecule has 0 bridgehead atoms. The monoisotopic (exact) mass is 427 g/mol. The fourth-order valence-corrected chi connectivity index (χ4v) is 3.94. The Morgan fingerprint density at radius 3 is 2.31 bits per heavy atom. The van der Waals surface area contributed by atoms with Crippen LogP contribution in [0.4, 0.5) is 10.5 Å². The molecule has 0 radical (unpaired) electrons. The molecule has 164 valence electrons. The number of nitrogens with zero attached hydrogens (tertiary/aromatic N) is 2. The summed E-state index contributed by atoms with van der Waals surface area (Å²) >= 11 is 0. The predicted octanol–water partition coefficient (Wildman–Crippen LogP) is 4.80. The first kappa shape index (κ1) is 21.6. The Balaban J connectivity index is 1.34. The Hall–Kier alpha value is -3.60. The smallest absolute Gasteiger partial charge is 0.324 e. The van der Waals surface area contributed by atoms with Crippen LogP contribution in [0.15, 0.2) is 78.9 Å². The number of amides is 3. The molecule has 1 fully saturated rings. The summed E-state index contributed by atoms with van der Waals surface area (Å²) in [6, 6.07) is 25.7. The minimum atomic E-state index is -0.0987. The van der Waals surface area contributed by atoms with Gasteiger partial charge in [-0.3, -0.25) is 9.69 Å². The second-order valence-electron chi connectivity index (χ2n) is 8.23. The Morgan fingerprint density at radius 1 is 0.875 bits per heavy atom. The fourth-order valence-electron chi connectivity index (χ4n) is 3.94. The molecule has 1 aliphatic rings. The molecule has 0 unspecified atom stereocenters. The van der Waals surface area contributed by atoms with E-state index in [1.807, 2.05) is 35.2 Å². The second-order valence-corrected chi connectivity index (χ2v) is 8.23. The first-order chi connectivity index (χ1) is 15.6. The third-order valence-corrected chi connectivity index (χ3v) is 5.79. The molecule has 1 aliphatic heterocycles. The van der Waals surface area contributed by atoms with E-state index in [9.17, 15) is 9.59 Å². The average molecular weight is 428 g/mol. The summed E-state index contributed by atoms with van der Waals surface area (Å²) in [6.07, 6.45) is 1.71. The van der Waals surface area contributed by atoms with Crippen molar-refractivity contribution in [3.05, 3.63) is 101 Å². The number of rotatable bonds is 7. The molecule has 32 heavy (non-hydrogen) atoms. The molecule has 4 rings (SSSR count). The van der Waals surface area contributed by atoms with Crippen molar-refractivity contribution in [2.45, 2.75) is 26.3 Å². The Labute approximate surface area is 189 Å². The Morgan fingerprint density at radius 2 is 1.59 bits per heavy atom. The van der Waals surface area contributed by atoms with Gasteiger partial charge >= 0.3 is 6.03 Å². The molecule has 5 heteroatoms. The topological polar surface area (TPSA) is 52.6 Å². The van der Waals surface area contributed by atoms with E-state index in [4.69, 9.17) is 0 Å². The van der Waals surface area contributed by atoms with Gasteiger partial charge in [-0.2, -0.15) is 0 Å². The standard InChI is InChI=1S/C27H29N3O2/c1-21-8-10-23(11-9-21)20-29-18-5-19-30(27(29)32)25-14-12-24(13-15-25)26(31)28-17-16-22-6-3-2-4-7-22/h2-4,6-15H,5,16-20H2,1H3,(H,28,31). The molecule has 3 aromatic carbocycles. The van der Waals surface area contributed by atoms with Crippen LogP contribution in [0.2, 0.25) is 0 Å². The minimum absolute atomic E-state index is 0.0110. The van der Waals surface area contributed by atoms with E-state index in [0.29, 0.717) is 25.2 Å².